The molecule has 0 aliphatic heterocycles. The lowest BCUT2D eigenvalue weighted by molar-refractivity contribution is 0.301. The molecule has 0 saturated heterocycles. The Kier molecular flexibility index (Phi) is 8.72. The molecule has 0 unspecified atom stereocenters. The normalized spacial score (nSPS) is 11.3. The highest BCUT2D eigenvalue weighted by Gasteiger charge is 2.13. The van der Waals surface area contributed by atoms with Crippen LogP contribution in [0.15, 0.2) is 124 Å². The zero-order valence-electron chi connectivity index (χ0n) is 25.6. The topological polar surface area (TPSA) is 95.0 Å². The van der Waals surface area contributed by atoms with E-state index in [9.17, 15) is 0 Å². The first-order valence-electron chi connectivity index (χ1n) is 14.9. The Balaban J connectivity index is 1.06. The molecule has 232 valence electrons. The van der Waals surface area contributed by atoms with Crippen LogP contribution in [0.1, 0.15) is 22.4 Å². The van der Waals surface area contributed by atoms with Crippen LogP contribution in [0.2, 0.25) is 0 Å². The summed E-state index contributed by atoms with van der Waals surface area (Å²) in [4.78, 5) is 4.68. The summed E-state index contributed by atoms with van der Waals surface area (Å²) in [6.07, 6.45) is 5.63. The van der Waals surface area contributed by atoms with E-state index in [1.54, 1.807) is 10.9 Å². The highest BCUT2D eigenvalue weighted by Crippen LogP contribution is 2.28. The average molecular weight is 702 g/mol. The number of nitrogens with one attached hydrogen (secondary N) is 1. The molecule has 0 amide bonds. The highest BCUT2D eigenvalue weighted by molar-refractivity contribution is 9.10. The predicted molar refractivity (Wildman–Crippen MR) is 191 cm³/mol. The van der Waals surface area contributed by atoms with E-state index in [4.69, 9.17) is 9.84 Å². The summed E-state index contributed by atoms with van der Waals surface area (Å²) >= 11 is 4.98. The van der Waals surface area contributed by atoms with Crippen LogP contribution in [0.4, 0.5) is 5.13 Å². The van der Waals surface area contributed by atoms with E-state index in [0.29, 0.717) is 11.7 Å². The van der Waals surface area contributed by atoms with Crippen LogP contribution in [0.3, 0.4) is 0 Å². The van der Waals surface area contributed by atoms with Gasteiger partial charge in [-0.3, -0.25) is 5.43 Å². The summed E-state index contributed by atoms with van der Waals surface area (Å²) in [6, 6.07) is 32.2. The first-order chi connectivity index (χ1) is 23.0. The molecule has 0 fully saturated rings. The molecule has 9 nitrogen and oxygen atoms in total. The second-order valence-electron chi connectivity index (χ2n) is 10.9. The van der Waals surface area contributed by atoms with Gasteiger partial charge in [-0.25, -0.2) is 14.3 Å². The molecule has 0 atom stereocenters. The minimum absolute atomic E-state index is 0.302. The molecule has 47 heavy (non-hydrogen) atoms. The smallest absolute Gasteiger partial charge is 0.203 e. The van der Waals surface area contributed by atoms with Crippen LogP contribution in [0.25, 0.3) is 33.9 Å². The number of rotatable bonds is 10. The van der Waals surface area contributed by atoms with Crippen molar-refractivity contribution in [1.82, 2.24) is 29.8 Å². The number of aromatic nitrogens is 6. The van der Waals surface area contributed by atoms with Gasteiger partial charge < -0.3 is 4.74 Å². The van der Waals surface area contributed by atoms with Gasteiger partial charge in [-0.2, -0.15) is 10.2 Å². The fourth-order valence-corrected chi connectivity index (χ4v) is 5.81. The number of ether oxygens (including phenoxy) is 1. The van der Waals surface area contributed by atoms with Crippen molar-refractivity contribution in [2.75, 3.05) is 5.43 Å². The van der Waals surface area contributed by atoms with Crippen molar-refractivity contribution in [2.24, 2.45) is 5.10 Å². The van der Waals surface area contributed by atoms with Crippen LogP contribution >= 0.6 is 27.3 Å². The van der Waals surface area contributed by atoms with Crippen LogP contribution in [-0.2, 0) is 6.61 Å². The van der Waals surface area contributed by atoms with Gasteiger partial charge in [-0.05, 0) is 85.6 Å². The van der Waals surface area contributed by atoms with Gasteiger partial charge in [0.2, 0.25) is 5.13 Å². The standard InChI is InChI=1S/C36H29BrN8OS/c1-24-8-15-32(18-25(24)2)45-21-30(40-43-45)22-46-33-16-11-27(12-17-33)35-28(20-44(42-35)31-6-4-3-5-7-31)19-38-41-36-39-34(23-47-36)26-9-13-29(37)14-10-26/h3-21,23H,22H2,1-2H3,(H,39,41). The van der Waals surface area contributed by atoms with Crippen molar-refractivity contribution in [1.29, 1.82) is 0 Å². The van der Waals surface area contributed by atoms with E-state index < -0.39 is 0 Å². The van der Waals surface area contributed by atoms with Gasteiger partial charge in [0.1, 0.15) is 23.7 Å². The van der Waals surface area contributed by atoms with E-state index in [1.807, 2.05) is 107 Å². The Bertz CT molecular complexity index is 2150. The minimum atomic E-state index is 0.302. The molecule has 0 spiro atoms. The maximum atomic E-state index is 6.05. The Labute approximate surface area is 284 Å². The molecule has 0 bridgehead atoms. The summed E-state index contributed by atoms with van der Waals surface area (Å²) in [6.45, 7) is 4.48. The minimum Gasteiger partial charge on any atom is -0.487 e. The van der Waals surface area contributed by atoms with Crippen LogP contribution < -0.4 is 10.2 Å². The number of thiazole rings is 1. The molecule has 7 rings (SSSR count). The van der Waals surface area contributed by atoms with Gasteiger partial charge in [0.25, 0.3) is 0 Å². The number of aryl methyl sites for hydroxylation is 2. The number of nitrogens with zero attached hydrogens (tertiary/aromatic N) is 7. The molecule has 3 aromatic heterocycles. The highest BCUT2D eigenvalue weighted by atomic mass is 79.9. The largest absolute Gasteiger partial charge is 0.487 e. The van der Waals surface area contributed by atoms with Gasteiger partial charge in [0, 0.05) is 32.7 Å². The van der Waals surface area contributed by atoms with Crippen LogP contribution in [-0.4, -0.2) is 36.0 Å². The van der Waals surface area contributed by atoms with Crippen molar-refractivity contribution in [3.8, 4) is 39.6 Å². The lowest BCUT2D eigenvalue weighted by Gasteiger charge is -2.06. The third-order valence-electron chi connectivity index (χ3n) is 7.58. The zero-order chi connectivity index (χ0) is 32.2. The average Bonchev–Trinajstić information content (AvgIpc) is 3.87. The van der Waals surface area contributed by atoms with Crippen molar-refractivity contribution < 1.29 is 4.74 Å². The second-order valence-corrected chi connectivity index (χ2v) is 12.6. The fourth-order valence-electron chi connectivity index (χ4n) is 4.88. The number of anilines is 1. The van der Waals surface area contributed by atoms with Crippen molar-refractivity contribution in [3.63, 3.8) is 0 Å². The quantitative estimate of drug-likeness (QED) is 0.113. The Hall–Kier alpha value is -5.39. The molecule has 0 aliphatic rings. The van der Waals surface area contributed by atoms with Crippen LogP contribution in [0.5, 0.6) is 5.75 Å². The van der Waals surface area contributed by atoms with Gasteiger partial charge in [0.15, 0.2) is 0 Å². The van der Waals surface area contributed by atoms with Gasteiger partial charge >= 0.3 is 0 Å². The van der Waals surface area contributed by atoms with Crippen molar-refractivity contribution >= 4 is 38.6 Å². The Morgan fingerprint density at radius 2 is 1.64 bits per heavy atom. The van der Waals surface area contributed by atoms with Crippen molar-refractivity contribution in [3.05, 3.63) is 142 Å². The summed E-state index contributed by atoms with van der Waals surface area (Å²) < 4.78 is 10.7. The number of para-hydroxylation sites is 1. The summed E-state index contributed by atoms with van der Waals surface area (Å²) in [5.74, 6) is 0.721. The van der Waals surface area contributed by atoms with Gasteiger partial charge in [0.05, 0.1) is 29.5 Å². The van der Waals surface area contributed by atoms with E-state index in [1.165, 1.54) is 22.5 Å². The third-order valence-corrected chi connectivity index (χ3v) is 8.86. The summed E-state index contributed by atoms with van der Waals surface area (Å²) in [5.41, 5.74) is 12.7. The first-order valence-corrected chi connectivity index (χ1v) is 16.5. The molecule has 7 aromatic rings. The molecule has 0 saturated carbocycles. The predicted octanol–water partition coefficient (Wildman–Crippen LogP) is 8.65. The summed E-state index contributed by atoms with van der Waals surface area (Å²) in [7, 11) is 0. The molecule has 0 aliphatic carbocycles. The first kappa shape index (κ1) is 30.3. The maximum Gasteiger partial charge on any atom is 0.203 e. The molecule has 0 radical (unpaired) electrons. The maximum absolute atomic E-state index is 6.05. The SMILES string of the molecule is Cc1ccc(-n2cc(COc3ccc(-c4nn(-c5ccccc5)cc4C=NNc4nc(-c5ccc(Br)cc5)cs4)cc3)nn2)cc1C. The number of hydrogen-bond acceptors (Lipinski definition) is 8. The number of halogens is 1. The Morgan fingerprint density at radius 1 is 0.851 bits per heavy atom. The fraction of sp³-hybridized carbons (Fsp3) is 0.0833. The lowest BCUT2D eigenvalue weighted by atomic mass is 10.1. The number of benzene rings is 4. The van der Waals surface area contributed by atoms with Gasteiger partial charge in [-0.15, -0.1) is 16.4 Å². The summed E-state index contributed by atoms with van der Waals surface area (Å²) in [5, 5.41) is 20.7. The molecule has 11 heteroatoms. The molecular weight excluding hydrogens is 672 g/mol. The van der Waals surface area contributed by atoms with Crippen molar-refractivity contribution in [2.45, 2.75) is 20.5 Å². The Morgan fingerprint density at radius 3 is 2.43 bits per heavy atom. The molecular formula is C36H29BrN8OS. The lowest BCUT2D eigenvalue weighted by Crippen LogP contribution is -1.97. The second kappa shape index (κ2) is 13.5. The van der Waals surface area contributed by atoms with Gasteiger partial charge in [-0.1, -0.05) is 57.5 Å². The number of hydrazone groups is 1. The molecule has 4 aromatic carbocycles. The third kappa shape index (κ3) is 7.06. The monoisotopic (exact) mass is 700 g/mol. The van der Waals surface area contributed by atoms with E-state index in [0.717, 1.165) is 55.4 Å². The van der Waals surface area contributed by atoms with E-state index in [2.05, 4.69) is 67.7 Å². The van der Waals surface area contributed by atoms with Crippen LogP contribution in [0, 0.1) is 13.8 Å². The molecule has 3 heterocycles. The zero-order valence-corrected chi connectivity index (χ0v) is 28.0. The molecule has 1 N–H and O–H groups in total. The van der Waals surface area contributed by atoms with E-state index in [-0.39, 0.29) is 0 Å². The number of hydrogen-bond donors (Lipinski definition) is 1. The van der Waals surface area contributed by atoms with E-state index >= 15 is 0 Å².